The predicted octanol–water partition coefficient (Wildman–Crippen LogP) is -8.37. The number of carbonyl (C=O) groups is 19. The summed E-state index contributed by atoms with van der Waals surface area (Å²) in [6.45, 7) is 9.23. The molecule has 15 atom stereocenters. The summed E-state index contributed by atoms with van der Waals surface area (Å²) >= 11 is 7.93. The lowest BCUT2D eigenvalue weighted by molar-refractivity contribution is -0.142. The van der Waals surface area contributed by atoms with E-state index in [9.17, 15) is 127 Å². The van der Waals surface area contributed by atoms with E-state index in [1.165, 1.54) is 38.1 Å². The first-order valence-electron chi connectivity index (χ1n) is 34.5. The van der Waals surface area contributed by atoms with Crippen molar-refractivity contribution in [1.82, 2.24) is 69.1 Å². The van der Waals surface area contributed by atoms with Crippen LogP contribution < -0.4 is 92.1 Å². The SMILES string of the molecule is CC(C)C[C@H](NC(=O)[C@H](CCCN=C(N)N)NC(=O)[C@@H](N)CS)C(=O)N[C@@H](C)C(=O)N[C@@H](CCC(N)=O)C(=O)N[C@@H](CC(=O)O)C(=O)N[C@@H](CCC(=O)O)C(=O)N[C@@H](C)C(=O)N[C@@H](CC(=O)O)C(=O)N[C@H](C(=O)N[C@H](C(=O)N[C@@H](CCC(=O)O)C(=O)N[C@@H](Cc1ccc(O)cc1)C(=O)N[C@@H](CS)C(=O)O)[C@@H](C)O)C(C)C. The van der Waals surface area contributed by atoms with Crippen LogP contribution >= 0.6 is 25.3 Å². The van der Waals surface area contributed by atoms with Crippen molar-refractivity contribution < 1.29 is 127 Å². The Bertz CT molecular complexity index is 3510. The number of carbonyl (C=O) groups excluding carboxylic acids is 14. The highest BCUT2D eigenvalue weighted by Gasteiger charge is 2.39. The van der Waals surface area contributed by atoms with Gasteiger partial charge in [-0.05, 0) is 88.8 Å². The topological polar surface area (TPSA) is 739 Å². The van der Waals surface area contributed by atoms with Gasteiger partial charge in [0.1, 0.15) is 84.3 Å². The molecular weight excluding hydrogens is 1510 g/mol. The van der Waals surface area contributed by atoms with Gasteiger partial charge < -0.3 is 128 Å². The molecule has 0 aliphatic rings. The zero-order chi connectivity index (χ0) is 84.9. The van der Waals surface area contributed by atoms with E-state index >= 15 is 0 Å². The quantitative estimate of drug-likeness (QED) is 0.0125. The number of thiol groups is 2. The van der Waals surface area contributed by atoms with Gasteiger partial charge in [-0.15, -0.1) is 0 Å². The number of hydrogen-bond acceptors (Lipinski definition) is 25. The van der Waals surface area contributed by atoms with Gasteiger partial charge in [0.2, 0.25) is 82.7 Å². The summed E-state index contributed by atoms with van der Waals surface area (Å²) in [5.74, 6) is -26.9. The fraction of sp³-hybridized carbons (Fsp3) is 0.600. The second kappa shape index (κ2) is 49.1. The first-order chi connectivity index (χ1) is 51.7. The highest BCUT2D eigenvalue weighted by Crippen LogP contribution is 2.15. The molecule has 0 unspecified atom stereocenters. The lowest BCUT2D eigenvalue weighted by atomic mass is 10.0. The zero-order valence-corrected chi connectivity index (χ0v) is 63.6. The van der Waals surface area contributed by atoms with E-state index in [0.717, 1.165) is 20.8 Å². The Kier molecular flexibility index (Phi) is 43.3. The number of aliphatic carboxylic acids is 5. The monoisotopic (exact) mass is 1610 g/mol. The number of aromatic hydroxyl groups is 1. The lowest BCUT2D eigenvalue weighted by Crippen LogP contribution is -2.62. The normalized spacial score (nSPS) is 15.1. The maximum atomic E-state index is 14.0. The number of benzene rings is 1. The number of nitrogens with zero attached hydrogens (tertiary/aromatic N) is 1. The number of aliphatic imine (C=N–C) groups is 1. The maximum Gasteiger partial charge on any atom is 0.327 e. The summed E-state index contributed by atoms with van der Waals surface area (Å²) in [6, 6.07) is -19.1. The maximum absolute atomic E-state index is 14.0. The van der Waals surface area contributed by atoms with Crippen LogP contribution in [0.3, 0.4) is 0 Å². The first kappa shape index (κ1) is 97.9. The molecule has 0 aliphatic carbocycles. The number of phenols is 1. The number of aliphatic hydroxyl groups is 1. The van der Waals surface area contributed by atoms with Crippen molar-refractivity contribution in [1.29, 1.82) is 0 Å². The van der Waals surface area contributed by atoms with E-state index < -0.39 is 266 Å². The number of phenolic OH excluding ortho intramolecular Hbond substituents is 1. The Labute approximate surface area is 646 Å². The third-order valence-corrected chi connectivity index (χ3v) is 16.7. The van der Waals surface area contributed by atoms with Crippen molar-refractivity contribution in [2.24, 2.45) is 39.8 Å². The van der Waals surface area contributed by atoms with Crippen LogP contribution in [0.4, 0.5) is 0 Å². The van der Waals surface area contributed by atoms with E-state index in [1.54, 1.807) is 13.8 Å². The molecule has 0 fully saturated rings. The smallest absolute Gasteiger partial charge is 0.327 e. The summed E-state index contributed by atoms with van der Waals surface area (Å²) in [5.41, 5.74) is 22.2. The minimum absolute atomic E-state index is 0.0378. The third-order valence-electron chi connectivity index (χ3n) is 16.0. The average Bonchev–Trinajstić information content (AvgIpc) is 0.852. The molecule has 0 heterocycles. The minimum atomic E-state index is -2.20. The summed E-state index contributed by atoms with van der Waals surface area (Å²) in [5, 5.41) is 98.1. The molecule has 0 bridgehead atoms. The van der Waals surface area contributed by atoms with E-state index in [2.05, 4.69) is 99.4 Å². The lowest BCUT2D eigenvalue weighted by Gasteiger charge is -2.29. The van der Waals surface area contributed by atoms with Crippen molar-refractivity contribution in [3.05, 3.63) is 29.8 Å². The van der Waals surface area contributed by atoms with Gasteiger partial charge in [-0.25, -0.2) is 4.79 Å². The molecule has 14 amide bonds. The predicted molar refractivity (Wildman–Crippen MR) is 394 cm³/mol. The molecule has 46 heteroatoms. The zero-order valence-electron chi connectivity index (χ0n) is 61.8. The fourth-order valence-electron chi connectivity index (χ4n) is 9.91. The number of nitrogens with two attached hydrogens (primary N) is 4. The number of primary amides is 1. The molecule has 0 aliphatic heterocycles. The van der Waals surface area contributed by atoms with Gasteiger partial charge in [-0.2, -0.15) is 25.3 Å². The molecule has 1 aromatic carbocycles. The van der Waals surface area contributed by atoms with Gasteiger partial charge in [-0.1, -0.05) is 39.8 Å². The molecule has 620 valence electrons. The number of amides is 14. The van der Waals surface area contributed by atoms with Gasteiger partial charge in [-0.3, -0.25) is 91.3 Å². The van der Waals surface area contributed by atoms with Crippen LogP contribution in [-0.4, -0.2) is 263 Å². The van der Waals surface area contributed by atoms with Crippen molar-refractivity contribution in [3.63, 3.8) is 0 Å². The van der Waals surface area contributed by atoms with Crippen LogP contribution in [0.15, 0.2) is 29.3 Å². The molecule has 0 radical (unpaired) electrons. The Morgan fingerprint density at radius 2 is 0.766 bits per heavy atom. The highest BCUT2D eigenvalue weighted by molar-refractivity contribution is 7.80. The summed E-state index contributed by atoms with van der Waals surface area (Å²) in [6.07, 6.45) is -9.16. The summed E-state index contributed by atoms with van der Waals surface area (Å²) in [4.78, 5) is 254. The van der Waals surface area contributed by atoms with Crippen LogP contribution in [-0.2, 0) is 97.5 Å². The van der Waals surface area contributed by atoms with Gasteiger partial charge in [0.25, 0.3) is 0 Å². The second-order valence-electron chi connectivity index (χ2n) is 26.3. The third kappa shape index (κ3) is 37.7. The molecule has 0 saturated heterocycles. The number of nitrogens with one attached hydrogen (secondary N) is 13. The molecule has 1 aromatic rings. The average molecular weight is 1620 g/mol. The standard InChI is InChI=1S/C65H102N18O26S2/c1-27(2)21-39(78-55(99)35(9-8-20-70-65(68)69)74-53(97)34(66)25-110)58(102)72-29(5)51(95)73-36(14-17-44(67)86)56(100)80-41(23-47(91)92)60(104)75-37(15-18-45(87)88)54(98)71-30(6)52(96)77-42(24-48(93)94)61(105)82-49(28(3)4)62(106)83-50(31(7)84)63(107)76-38(16-19-46(89)90)57(101)79-40(22-32-10-12-33(85)13-11-32)59(103)81-43(26-111)64(108)109/h10-13,27-31,34-43,49-50,84-85,110-111H,8-9,14-26,66H2,1-7H3,(H2,67,86)(H,71,98)(H,72,102)(H,73,95)(H,74,97)(H,75,104)(H,76,107)(H,77,96)(H,78,99)(H,79,101)(H,80,100)(H,81,103)(H,82,105)(H,83,106)(H,87,88)(H,89,90)(H,91,92)(H,93,94)(H,108,109)(H4,68,69,70)/t29-,30-,31+,34-,35-,36-,37-,38-,39-,40-,41-,42-,43-,49-,50-/m0/s1. The number of hydrogen-bond donors (Lipinski definition) is 26. The summed E-state index contributed by atoms with van der Waals surface area (Å²) < 4.78 is 0. The van der Waals surface area contributed by atoms with Gasteiger partial charge in [0, 0.05) is 43.7 Å². The van der Waals surface area contributed by atoms with Crippen LogP contribution in [0.2, 0.25) is 0 Å². The van der Waals surface area contributed by atoms with Crippen molar-refractivity contribution in [3.8, 4) is 5.75 Å². The van der Waals surface area contributed by atoms with E-state index in [1.807, 2.05) is 0 Å². The Hall–Kier alpha value is -11.2. The largest absolute Gasteiger partial charge is 0.508 e. The molecule has 0 spiro atoms. The fourth-order valence-corrected chi connectivity index (χ4v) is 10.3. The molecule has 0 aromatic heterocycles. The van der Waals surface area contributed by atoms with Crippen molar-refractivity contribution >= 4 is 144 Å². The second-order valence-corrected chi connectivity index (χ2v) is 27.0. The molecular formula is C65H102N18O26S2. The van der Waals surface area contributed by atoms with Gasteiger partial charge >= 0.3 is 29.8 Å². The van der Waals surface area contributed by atoms with Gasteiger partial charge in [0.05, 0.1) is 25.0 Å². The molecule has 28 N–H and O–H groups in total. The number of aliphatic hydroxyl groups excluding tert-OH is 1. The minimum Gasteiger partial charge on any atom is -0.508 e. The number of rotatable bonds is 52. The molecule has 1 rings (SSSR count). The van der Waals surface area contributed by atoms with E-state index in [0.29, 0.717) is 5.56 Å². The Morgan fingerprint density at radius 3 is 1.19 bits per heavy atom. The molecule has 44 nitrogen and oxygen atoms in total. The number of guanidine groups is 1. The first-order valence-corrected chi connectivity index (χ1v) is 35.8. The van der Waals surface area contributed by atoms with Gasteiger partial charge in [0.15, 0.2) is 5.96 Å². The van der Waals surface area contributed by atoms with Crippen LogP contribution in [0, 0.1) is 11.8 Å². The Morgan fingerprint density at radius 1 is 0.405 bits per heavy atom. The molecule has 111 heavy (non-hydrogen) atoms. The van der Waals surface area contributed by atoms with Crippen LogP contribution in [0.5, 0.6) is 5.75 Å². The molecule has 0 saturated carbocycles. The number of carboxylic acids is 5. The van der Waals surface area contributed by atoms with E-state index in [-0.39, 0.29) is 55.6 Å². The van der Waals surface area contributed by atoms with Crippen molar-refractivity contribution in [2.45, 2.75) is 216 Å². The Balaban J connectivity index is 3.50. The number of carboxylic acid groups (broad SMARTS) is 5. The van der Waals surface area contributed by atoms with Crippen LogP contribution in [0.1, 0.15) is 125 Å². The van der Waals surface area contributed by atoms with E-state index in [4.69, 9.17) is 22.9 Å². The summed E-state index contributed by atoms with van der Waals surface area (Å²) in [7, 11) is 0. The van der Waals surface area contributed by atoms with Crippen LogP contribution in [0.25, 0.3) is 0 Å². The van der Waals surface area contributed by atoms with Crippen molar-refractivity contribution in [2.75, 3.05) is 18.1 Å². The highest BCUT2D eigenvalue weighted by atomic mass is 32.1.